The van der Waals surface area contributed by atoms with E-state index in [4.69, 9.17) is 9.47 Å². The SMILES string of the molecule is CC(C)(C)OC(=O)N1CCc2cc(OCc3ccccc3)c(C(=O)O)cc2C1. The lowest BCUT2D eigenvalue weighted by atomic mass is 9.96. The minimum atomic E-state index is -1.06. The number of nitrogens with zero attached hydrogens (tertiary/aromatic N) is 1. The maximum Gasteiger partial charge on any atom is 0.410 e. The lowest BCUT2D eigenvalue weighted by molar-refractivity contribution is 0.0224. The van der Waals surface area contributed by atoms with Gasteiger partial charge in [0.05, 0.1) is 0 Å². The Morgan fingerprint density at radius 1 is 1.11 bits per heavy atom. The van der Waals surface area contributed by atoms with Gasteiger partial charge >= 0.3 is 12.1 Å². The summed E-state index contributed by atoms with van der Waals surface area (Å²) in [6, 6.07) is 13.0. The highest BCUT2D eigenvalue weighted by Gasteiger charge is 2.27. The Kier molecular flexibility index (Phi) is 5.58. The van der Waals surface area contributed by atoms with Crippen molar-refractivity contribution >= 4 is 12.1 Å². The van der Waals surface area contributed by atoms with Crippen molar-refractivity contribution in [1.29, 1.82) is 0 Å². The molecule has 2 aromatic rings. The van der Waals surface area contributed by atoms with Crippen LogP contribution in [0.3, 0.4) is 0 Å². The number of carbonyl (C=O) groups is 2. The average Bonchev–Trinajstić information content (AvgIpc) is 2.64. The van der Waals surface area contributed by atoms with Gasteiger partial charge in [0.2, 0.25) is 0 Å². The van der Waals surface area contributed by atoms with Gasteiger partial charge in [-0.15, -0.1) is 0 Å². The molecule has 1 aliphatic heterocycles. The number of hydrogen-bond acceptors (Lipinski definition) is 4. The van der Waals surface area contributed by atoms with E-state index < -0.39 is 11.6 Å². The van der Waals surface area contributed by atoms with Crippen molar-refractivity contribution in [3.05, 3.63) is 64.7 Å². The number of carbonyl (C=O) groups excluding carboxylic acids is 1. The molecular weight excluding hydrogens is 358 g/mol. The molecule has 0 saturated carbocycles. The quantitative estimate of drug-likeness (QED) is 0.854. The van der Waals surface area contributed by atoms with Crippen molar-refractivity contribution in [2.45, 2.75) is 45.9 Å². The van der Waals surface area contributed by atoms with Crippen molar-refractivity contribution in [3.8, 4) is 5.75 Å². The Hall–Kier alpha value is -3.02. The third-order valence-corrected chi connectivity index (χ3v) is 4.43. The largest absolute Gasteiger partial charge is 0.488 e. The Morgan fingerprint density at radius 3 is 2.46 bits per heavy atom. The van der Waals surface area contributed by atoms with Crippen LogP contribution in [0.5, 0.6) is 5.75 Å². The van der Waals surface area contributed by atoms with Gasteiger partial charge in [-0.05, 0) is 56.0 Å². The van der Waals surface area contributed by atoms with Crippen LogP contribution in [0, 0.1) is 0 Å². The molecule has 2 aromatic carbocycles. The first-order chi connectivity index (χ1) is 13.2. The Balaban J connectivity index is 1.79. The molecule has 6 heteroatoms. The molecule has 1 aliphatic rings. The van der Waals surface area contributed by atoms with E-state index >= 15 is 0 Å². The molecule has 1 amide bonds. The van der Waals surface area contributed by atoms with Gasteiger partial charge in [0, 0.05) is 13.1 Å². The van der Waals surface area contributed by atoms with E-state index in [1.165, 1.54) is 0 Å². The van der Waals surface area contributed by atoms with Crippen LogP contribution in [-0.4, -0.2) is 34.2 Å². The van der Waals surface area contributed by atoms with Crippen LogP contribution in [0.4, 0.5) is 4.79 Å². The minimum Gasteiger partial charge on any atom is -0.488 e. The predicted molar refractivity (Wildman–Crippen MR) is 105 cm³/mol. The molecule has 0 fully saturated rings. The standard InChI is InChI=1S/C22H25NO5/c1-22(2,3)28-21(26)23-10-9-16-12-19(18(20(24)25)11-17(16)13-23)27-14-15-7-5-4-6-8-15/h4-8,11-12H,9-10,13-14H2,1-3H3,(H,24,25). The third kappa shape index (κ3) is 4.82. The van der Waals surface area contributed by atoms with Crippen LogP contribution >= 0.6 is 0 Å². The fraction of sp³-hybridized carbons (Fsp3) is 0.364. The molecule has 0 atom stereocenters. The summed E-state index contributed by atoms with van der Waals surface area (Å²) in [7, 11) is 0. The molecule has 0 spiro atoms. The number of rotatable bonds is 4. The van der Waals surface area contributed by atoms with E-state index in [0.717, 1.165) is 16.7 Å². The second-order valence-electron chi connectivity index (χ2n) is 7.85. The van der Waals surface area contributed by atoms with Gasteiger partial charge in [-0.2, -0.15) is 0 Å². The fourth-order valence-electron chi connectivity index (χ4n) is 3.09. The Bertz CT molecular complexity index is 870. The molecule has 0 bridgehead atoms. The molecular formula is C22H25NO5. The fourth-order valence-corrected chi connectivity index (χ4v) is 3.09. The van der Waals surface area contributed by atoms with E-state index in [2.05, 4.69) is 0 Å². The first-order valence-corrected chi connectivity index (χ1v) is 9.27. The van der Waals surface area contributed by atoms with Crippen LogP contribution in [0.1, 0.15) is 47.8 Å². The molecule has 0 unspecified atom stereocenters. The lowest BCUT2D eigenvalue weighted by Crippen LogP contribution is -2.40. The third-order valence-electron chi connectivity index (χ3n) is 4.43. The topological polar surface area (TPSA) is 76.1 Å². The first kappa shape index (κ1) is 19.7. The van der Waals surface area contributed by atoms with Crippen molar-refractivity contribution < 1.29 is 24.2 Å². The van der Waals surface area contributed by atoms with Gasteiger partial charge in [-0.25, -0.2) is 9.59 Å². The second-order valence-corrected chi connectivity index (χ2v) is 7.85. The lowest BCUT2D eigenvalue weighted by Gasteiger charge is -2.31. The van der Waals surface area contributed by atoms with Crippen molar-refractivity contribution in [3.63, 3.8) is 0 Å². The van der Waals surface area contributed by atoms with Gasteiger partial charge < -0.3 is 19.5 Å². The number of fused-ring (bicyclic) bond motifs is 1. The monoisotopic (exact) mass is 383 g/mol. The van der Waals surface area contributed by atoms with Gasteiger partial charge in [-0.1, -0.05) is 30.3 Å². The molecule has 0 radical (unpaired) electrons. The molecule has 0 saturated heterocycles. The number of carboxylic acid groups (broad SMARTS) is 1. The van der Waals surface area contributed by atoms with Crippen LogP contribution in [0.15, 0.2) is 42.5 Å². The summed E-state index contributed by atoms with van der Waals surface area (Å²) in [4.78, 5) is 25.7. The van der Waals surface area contributed by atoms with E-state index in [0.29, 0.717) is 31.9 Å². The summed E-state index contributed by atoms with van der Waals surface area (Å²) in [6.07, 6.45) is 0.232. The molecule has 3 rings (SSSR count). The van der Waals surface area contributed by atoms with E-state index in [1.54, 1.807) is 17.0 Å². The highest BCUT2D eigenvalue weighted by atomic mass is 16.6. The average molecular weight is 383 g/mol. The maximum absolute atomic E-state index is 12.3. The predicted octanol–water partition coefficient (Wildman–Crippen LogP) is 4.26. The molecule has 1 heterocycles. The summed E-state index contributed by atoms with van der Waals surface area (Å²) in [6.45, 7) is 6.60. The van der Waals surface area contributed by atoms with E-state index in [-0.39, 0.29) is 11.7 Å². The normalized spacial score (nSPS) is 13.6. The number of benzene rings is 2. The minimum absolute atomic E-state index is 0.0979. The molecule has 1 N–H and O–H groups in total. The molecule has 28 heavy (non-hydrogen) atoms. The molecule has 148 valence electrons. The molecule has 0 aromatic heterocycles. The molecule has 0 aliphatic carbocycles. The first-order valence-electron chi connectivity index (χ1n) is 9.27. The van der Waals surface area contributed by atoms with E-state index in [9.17, 15) is 14.7 Å². The summed E-state index contributed by atoms with van der Waals surface area (Å²) in [5, 5.41) is 9.61. The number of carboxylic acids is 1. The van der Waals surface area contributed by atoms with Crippen molar-refractivity contribution in [1.82, 2.24) is 4.90 Å². The highest BCUT2D eigenvalue weighted by Crippen LogP contribution is 2.29. The van der Waals surface area contributed by atoms with Crippen molar-refractivity contribution in [2.75, 3.05) is 6.54 Å². The summed E-state index contributed by atoms with van der Waals surface area (Å²) in [5.41, 5.74) is 2.29. The van der Waals surface area contributed by atoms with Crippen LogP contribution in [0.2, 0.25) is 0 Å². The molecule has 6 nitrogen and oxygen atoms in total. The maximum atomic E-state index is 12.3. The van der Waals surface area contributed by atoms with Gasteiger partial charge in [-0.3, -0.25) is 0 Å². The summed E-state index contributed by atoms with van der Waals surface area (Å²) >= 11 is 0. The van der Waals surface area contributed by atoms with Crippen LogP contribution in [0.25, 0.3) is 0 Å². The van der Waals surface area contributed by atoms with Crippen LogP contribution < -0.4 is 4.74 Å². The van der Waals surface area contributed by atoms with Gasteiger partial charge in [0.1, 0.15) is 23.5 Å². The van der Waals surface area contributed by atoms with Crippen molar-refractivity contribution in [2.24, 2.45) is 0 Å². The number of ether oxygens (including phenoxy) is 2. The number of hydrogen-bond donors (Lipinski definition) is 1. The zero-order valence-electron chi connectivity index (χ0n) is 16.4. The Labute approximate surface area is 164 Å². The summed E-state index contributed by atoms with van der Waals surface area (Å²) < 4.78 is 11.2. The van der Waals surface area contributed by atoms with Gasteiger partial charge in [0.25, 0.3) is 0 Å². The van der Waals surface area contributed by atoms with Gasteiger partial charge in [0.15, 0.2) is 0 Å². The highest BCUT2D eigenvalue weighted by molar-refractivity contribution is 5.91. The summed E-state index contributed by atoms with van der Waals surface area (Å²) in [5.74, 6) is -0.707. The van der Waals surface area contributed by atoms with E-state index in [1.807, 2.05) is 51.1 Å². The number of aromatic carboxylic acids is 1. The smallest absolute Gasteiger partial charge is 0.410 e. The second kappa shape index (κ2) is 7.92. The zero-order valence-corrected chi connectivity index (χ0v) is 16.4. The zero-order chi connectivity index (χ0) is 20.3. The number of amides is 1. The van der Waals surface area contributed by atoms with Crippen LogP contribution in [-0.2, 0) is 24.3 Å². The Morgan fingerprint density at radius 2 is 1.82 bits per heavy atom.